The number of hydrogen-bond donors (Lipinski definition) is 1. The lowest BCUT2D eigenvalue weighted by molar-refractivity contribution is -0.137. The average molecular weight is 249 g/mol. The van der Waals surface area contributed by atoms with Crippen molar-refractivity contribution >= 4 is 5.97 Å². The van der Waals surface area contributed by atoms with Crippen LogP contribution < -0.4 is 0 Å². The predicted octanol–water partition coefficient (Wildman–Crippen LogP) is 3.07. The minimum atomic E-state index is -0.697. The lowest BCUT2D eigenvalue weighted by Gasteiger charge is -2.21. The minimum Gasteiger partial charge on any atom is -0.481 e. The van der Waals surface area contributed by atoms with Crippen molar-refractivity contribution in [2.24, 2.45) is 0 Å². The van der Waals surface area contributed by atoms with Crippen molar-refractivity contribution in [3.05, 3.63) is 35.4 Å². The molecule has 0 heterocycles. The maximum Gasteiger partial charge on any atom is 0.303 e. The SMILES string of the molecule is CCN(CCCCC(=O)O)Cc1ccccc1C. The molecular formula is C15H23NO2. The number of carbonyl (C=O) groups is 1. The summed E-state index contributed by atoms with van der Waals surface area (Å²) >= 11 is 0. The second kappa shape index (κ2) is 7.88. The van der Waals surface area contributed by atoms with Gasteiger partial charge in [-0.2, -0.15) is 0 Å². The standard InChI is InChI=1S/C15H23NO2/c1-3-16(11-7-6-10-15(17)18)12-14-9-5-4-8-13(14)2/h4-5,8-9H,3,6-7,10-12H2,1-2H3,(H,17,18). The highest BCUT2D eigenvalue weighted by atomic mass is 16.4. The van der Waals surface area contributed by atoms with Crippen molar-refractivity contribution < 1.29 is 9.90 Å². The lowest BCUT2D eigenvalue weighted by Crippen LogP contribution is -2.24. The molecule has 0 saturated carbocycles. The maximum absolute atomic E-state index is 10.4. The molecule has 0 unspecified atom stereocenters. The average Bonchev–Trinajstić information content (AvgIpc) is 2.35. The molecule has 3 nitrogen and oxygen atoms in total. The highest BCUT2D eigenvalue weighted by Crippen LogP contribution is 2.11. The lowest BCUT2D eigenvalue weighted by atomic mass is 10.1. The van der Waals surface area contributed by atoms with Crippen LogP contribution in [0.5, 0.6) is 0 Å². The molecule has 1 aromatic carbocycles. The zero-order valence-electron chi connectivity index (χ0n) is 11.4. The van der Waals surface area contributed by atoms with Crippen LogP contribution in [0.1, 0.15) is 37.3 Å². The molecule has 0 aliphatic heterocycles. The summed E-state index contributed by atoms with van der Waals surface area (Å²) in [5.41, 5.74) is 2.68. The van der Waals surface area contributed by atoms with Gasteiger partial charge in [-0.25, -0.2) is 0 Å². The Kier molecular flexibility index (Phi) is 6.44. The van der Waals surface area contributed by atoms with E-state index < -0.39 is 5.97 Å². The van der Waals surface area contributed by atoms with Gasteiger partial charge in [0.15, 0.2) is 0 Å². The van der Waals surface area contributed by atoms with Gasteiger partial charge in [-0.15, -0.1) is 0 Å². The van der Waals surface area contributed by atoms with E-state index in [1.807, 2.05) is 0 Å². The largest absolute Gasteiger partial charge is 0.481 e. The number of aliphatic carboxylic acids is 1. The van der Waals surface area contributed by atoms with Gasteiger partial charge in [-0.1, -0.05) is 31.2 Å². The number of nitrogens with zero attached hydrogens (tertiary/aromatic N) is 1. The molecule has 0 spiro atoms. The maximum atomic E-state index is 10.4. The molecule has 0 radical (unpaired) electrons. The summed E-state index contributed by atoms with van der Waals surface area (Å²) in [5.74, 6) is -0.697. The Bertz CT molecular complexity index is 377. The van der Waals surface area contributed by atoms with Crippen LogP contribution in [-0.2, 0) is 11.3 Å². The third-order valence-electron chi connectivity index (χ3n) is 3.22. The van der Waals surface area contributed by atoms with Gasteiger partial charge >= 0.3 is 5.97 Å². The summed E-state index contributed by atoms with van der Waals surface area (Å²) < 4.78 is 0. The summed E-state index contributed by atoms with van der Waals surface area (Å²) in [6.45, 7) is 7.21. The smallest absolute Gasteiger partial charge is 0.303 e. The number of rotatable bonds is 8. The Morgan fingerprint density at radius 2 is 2.00 bits per heavy atom. The van der Waals surface area contributed by atoms with Gasteiger partial charge in [0.25, 0.3) is 0 Å². The van der Waals surface area contributed by atoms with Crippen LogP contribution in [0.2, 0.25) is 0 Å². The van der Waals surface area contributed by atoms with E-state index in [9.17, 15) is 4.79 Å². The van der Waals surface area contributed by atoms with Crippen LogP contribution >= 0.6 is 0 Å². The summed E-state index contributed by atoms with van der Waals surface area (Å²) in [5, 5.41) is 8.59. The van der Waals surface area contributed by atoms with Gasteiger partial charge in [0, 0.05) is 13.0 Å². The molecule has 0 aliphatic carbocycles. The van der Waals surface area contributed by atoms with Crippen LogP contribution in [0.4, 0.5) is 0 Å². The van der Waals surface area contributed by atoms with Gasteiger partial charge in [0.2, 0.25) is 0 Å². The van der Waals surface area contributed by atoms with Gasteiger partial charge < -0.3 is 5.11 Å². The van der Waals surface area contributed by atoms with Crippen LogP contribution in [0.15, 0.2) is 24.3 Å². The van der Waals surface area contributed by atoms with Crippen LogP contribution in [0, 0.1) is 6.92 Å². The molecule has 0 amide bonds. The second-order valence-corrected chi connectivity index (χ2v) is 4.65. The first-order valence-electron chi connectivity index (χ1n) is 6.62. The number of carboxylic acids is 1. The number of carboxylic acid groups (broad SMARTS) is 1. The van der Waals surface area contributed by atoms with Crippen molar-refractivity contribution in [3.8, 4) is 0 Å². The third kappa shape index (κ3) is 5.32. The molecule has 0 aliphatic rings. The Morgan fingerprint density at radius 3 is 2.61 bits per heavy atom. The summed E-state index contributed by atoms with van der Waals surface area (Å²) in [7, 11) is 0. The Hall–Kier alpha value is -1.35. The highest BCUT2D eigenvalue weighted by Gasteiger charge is 2.06. The Balaban J connectivity index is 2.38. The zero-order valence-corrected chi connectivity index (χ0v) is 11.4. The fourth-order valence-corrected chi connectivity index (χ4v) is 1.99. The van der Waals surface area contributed by atoms with E-state index in [0.717, 1.165) is 32.5 Å². The highest BCUT2D eigenvalue weighted by molar-refractivity contribution is 5.66. The second-order valence-electron chi connectivity index (χ2n) is 4.65. The van der Waals surface area contributed by atoms with E-state index in [1.54, 1.807) is 0 Å². The van der Waals surface area contributed by atoms with Crippen LogP contribution in [0.25, 0.3) is 0 Å². The molecule has 0 atom stereocenters. The van der Waals surface area contributed by atoms with Crippen molar-refractivity contribution in [2.45, 2.75) is 39.7 Å². The molecular weight excluding hydrogens is 226 g/mol. The molecule has 100 valence electrons. The fourth-order valence-electron chi connectivity index (χ4n) is 1.99. The summed E-state index contributed by atoms with van der Waals surface area (Å²) in [6.07, 6.45) is 1.99. The van der Waals surface area contributed by atoms with E-state index >= 15 is 0 Å². The molecule has 1 aromatic rings. The van der Waals surface area contributed by atoms with E-state index in [2.05, 4.69) is 43.0 Å². The van der Waals surface area contributed by atoms with Crippen molar-refractivity contribution in [1.82, 2.24) is 4.90 Å². The fraction of sp³-hybridized carbons (Fsp3) is 0.533. The van der Waals surface area contributed by atoms with Crippen molar-refractivity contribution in [2.75, 3.05) is 13.1 Å². The number of benzene rings is 1. The van der Waals surface area contributed by atoms with E-state index in [1.165, 1.54) is 11.1 Å². The molecule has 3 heteroatoms. The van der Waals surface area contributed by atoms with E-state index in [-0.39, 0.29) is 6.42 Å². The summed E-state index contributed by atoms with van der Waals surface area (Å²) in [6, 6.07) is 8.42. The summed E-state index contributed by atoms with van der Waals surface area (Å²) in [4.78, 5) is 12.8. The molecule has 0 bridgehead atoms. The van der Waals surface area contributed by atoms with Crippen LogP contribution in [0.3, 0.4) is 0 Å². The van der Waals surface area contributed by atoms with Gasteiger partial charge in [-0.05, 0) is 44.0 Å². The quantitative estimate of drug-likeness (QED) is 0.720. The molecule has 0 aromatic heterocycles. The first-order chi connectivity index (χ1) is 8.63. The van der Waals surface area contributed by atoms with Crippen molar-refractivity contribution in [1.29, 1.82) is 0 Å². The predicted molar refractivity (Wildman–Crippen MR) is 73.6 cm³/mol. The number of aryl methyl sites for hydroxylation is 1. The van der Waals surface area contributed by atoms with Crippen LogP contribution in [-0.4, -0.2) is 29.1 Å². The first-order valence-corrected chi connectivity index (χ1v) is 6.62. The van der Waals surface area contributed by atoms with Gasteiger partial charge in [0.1, 0.15) is 0 Å². The molecule has 1 N–H and O–H groups in total. The molecule has 0 saturated heterocycles. The molecule has 0 fully saturated rings. The van der Waals surface area contributed by atoms with E-state index in [0.29, 0.717) is 0 Å². The van der Waals surface area contributed by atoms with E-state index in [4.69, 9.17) is 5.11 Å². The van der Waals surface area contributed by atoms with Crippen molar-refractivity contribution in [3.63, 3.8) is 0 Å². The Morgan fingerprint density at radius 1 is 1.28 bits per heavy atom. The zero-order chi connectivity index (χ0) is 13.4. The number of unbranched alkanes of at least 4 members (excludes halogenated alkanes) is 1. The molecule has 1 rings (SSSR count). The topological polar surface area (TPSA) is 40.5 Å². The molecule has 18 heavy (non-hydrogen) atoms. The van der Waals surface area contributed by atoms with Gasteiger partial charge in [0.05, 0.1) is 0 Å². The normalized spacial score (nSPS) is 10.8. The minimum absolute atomic E-state index is 0.280. The monoisotopic (exact) mass is 249 g/mol. The van der Waals surface area contributed by atoms with Gasteiger partial charge in [-0.3, -0.25) is 9.69 Å². The number of hydrogen-bond acceptors (Lipinski definition) is 2. The first kappa shape index (κ1) is 14.7. The third-order valence-corrected chi connectivity index (χ3v) is 3.22. The Labute approximate surface area is 109 Å².